The van der Waals surface area contributed by atoms with Crippen molar-refractivity contribution in [1.82, 2.24) is 5.32 Å². The lowest BCUT2D eigenvalue weighted by atomic mass is 9.84. The Morgan fingerprint density at radius 3 is 2.73 bits per heavy atom. The Morgan fingerprint density at radius 2 is 2.00 bits per heavy atom. The molecular weight excluding hydrogens is 330 g/mol. The van der Waals surface area contributed by atoms with Gasteiger partial charge in [-0.25, -0.2) is 0 Å². The molecule has 140 valence electrons. The second kappa shape index (κ2) is 7.37. The van der Waals surface area contributed by atoms with Crippen LogP contribution in [0.5, 0.6) is 0 Å². The van der Waals surface area contributed by atoms with E-state index in [0.29, 0.717) is 25.0 Å². The van der Waals surface area contributed by atoms with Crippen molar-refractivity contribution < 1.29 is 14.3 Å². The molecule has 1 aromatic carbocycles. The van der Waals surface area contributed by atoms with E-state index >= 15 is 0 Å². The highest BCUT2D eigenvalue weighted by Gasteiger charge is 2.48. The molecule has 2 saturated carbocycles. The molecule has 6 nitrogen and oxygen atoms in total. The first-order valence-corrected chi connectivity index (χ1v) is 9.66. The Kier molecular flexibility index (Phi) is 4.96. The van der Waals surface area contributed by atoms with E-state index in [9.17, 15) is 9.59 Å². The Labute approximate surface area is 153 Å². The van der Waals surface area contributed by atoms with Gasteiger partial charge in [-0.3, -0.25) is 9.59 Å². The number of anilines is 1. The maximum Gasteiger partial charge on any atom is 0.253 e. The molecule has 0 spiro atoms. The van der Waals surface area contributed by atoms with Crippen molar-refractivity contribution >= 4 is 17.5 Å². The Balaban J connectivity index is 1.32. The van der Waals surface area contributed by atoms with Crippen LogP contribution >= 0.6 is 0 Å². The molecule has 2 amide bonds. The fourth-order valence-electron chi connectivity index (χ4n) is 4.80. The maximum atomic E-state index is 12.6. The van der Waals surface area contributed by atoms with E-state index in [1.807, 2.05) is 24.3 Å². The van der Waals surface area contributed by atoms with Gasteiger partial charge < -0.3 is 21.1 Å². The molecule has 2 bridgehead atoms. The highest BCUT2D eigenvalue weighted by atomic mass is 16.5. The summed E-state index contributed by atoms with van der Waals surface area (Å²) in [6.07, 6.45) is 4.74. The summed E-state index contributed by atoms with van der Waals surface area (Å²) in [5.41, 5.74) is 7.94. The summed E-state index contributed by atoms with van der Waals surface area (Å²) in [5, 5.41) is 5.93. The van der Waals surface area contributed by atoms with Crippen LogP contribution in [0, 0.1) is 17.8 Å². The van der Waals surface area contributed by atoms with Crippen molar-refractivity contribution in [2.45, 2.75) is 50.8 Å². The molecule has 1 aliphatic heterocycles. The summed E-state index contributed by atoms with van der Waals surface area (Å²) < 4.78 is 5.41. The van der Waals surface area contributed by atoms with Crippen LogP contribution in [0.15, 0.2) is 24.3 Å². The van der Waals surface area contributed by atoms with Crippen molar-refractivity contribution in [1.29, 1.82) is 0 Å². The zero-order valence-corrected chi connectivity index (χ0v) is 14.9. The third-order valence-corrected chi connectivity index (χ3v) is 6.17. The molecule has 5 atom stereocenters. The van der Waals surface area contributed by atoms with Crippen LogP contribution in [0.1, 0.15) is 37.7 Å². The molecular formula is C20H27N3O3. The lowest BCUT2D eigenvalue weighted by Gasteiger charge is -2.27. The van der Waals surface area contributed by atoms with E-state index in [0.717, 1.165) is 36.9 Å². The van der Waals surface area contributed by atoms with Crippen molar-refractivity contribution in [3.63, 3.8) is 0 Å². The van der Waals surface area contributed by atoms with Gasteiger partial charge in [0.05, 0.1) is 5.92 Å². The average Bonchev–Trinajstić information content (AvgIpc) is 3.37. The number of benzene rings is 1. The molecule has 6 heteroatoms. The number of fused-ring (bicyclic) bond motifs is 2. The van der Waals surface area contributed by atoms with Crippen molar-refractivity contribution in [3.8, 4) is 0 Å². The summed E-state index contributed by atoms with van der Waals surface area (Å²) in [6.45, 7) is 1.10. The molecule has 1 saturated heterocycles. The largest absolute Gasteiger partial charge is 0.368 e. The molecule has 26 heavy (non-hydrogen) atoms. The quantitative estimate of drug-likeness (QED) is 0.749. The number of ether oxygens (including phenoxy) is 1. The number of amides is 2. The first kappa shape index (κ1) is 17.5. The number of hydrogen-bond acceptors (Lipinski definition) is 4. The Bertz CT molecular complexity index is 685. The number of hydrogen-bond donors (Lipinski definition) is 3. The predicted molar refractivity (Wildman–Crippen MR) is 98.2 cm³/mol. The number of carbonyl (C=O) groups is 2. The van der Waals surface area contributed by atoms with Crippen molar-refractivity contribution in [3.05, 3.63) is 29.8 Å². The minimum absolute atomic E-state index is 0.00536. The van der Waals surface area contributed by atoms with E-state index in [4.69, 9.17) is 10.5 Å². The number of carbonyl (C=O) groups excluding carboxylic acids is 2. The van der Waals surface area contributed by atoms with E-state index in [1.165, 1.54) is 6.42 Å². The molecule has 0 aromatic heterocycles. The van der Waals surface area contributed by atoms with Crippen molar-refractivity contribution in [2.75, 3.05) is 11.9 Å². The lowest BCUT2D eigenvalue weighted by Crippen LogP contribution is -2.45. The third kappa shape index (κ3) is 3.48. The first-order chi connectivity index (χ1) is 12.6. The summed E-state index contributed by atoms with van der Waals surface area (Å²) in [4.78, 5) is 24.7. The fourth-order valence-corrected chi connectivity index (χ4v) is 4.80. The van der Waals surface area contributed by atoms with Crippen LogP contribution in [0.3, 0.4) is 0 Å². The van der Waals surface area contributed by atoms with Gasteiger partial charge in [0.1, 0.15) is 6.10 Å². The maximum absolute atomic E-state index is 12.6. The molecule has 4 rings (SSSR count). The summed E-state index contributed by atoms with van der Waals surface area (Å²) in [5.74, 6) is 0.894. The molecule has 3 aliphatic rings. The van der Waals surface area contributed by atoms with Crippen LogP contribution in [-0.2, 0) is 20.9 Å². The SMILES string of the molecule is NC1C2CCC(C2)C1C(=O)NCc1cccc(NC(=O)C2CCCO2)c1. The average molecular weight is 357 g/mol. The van der Waals surface area contributed by atoms with Gasteiger partial charge in [-0.05, 0) is 61.6 Å². The summed E-state index contributed by atoms with van der Waals surface area (Å²) >= 11 is 0. The summed E-state index contributed by atoms with van der Waals surface area (Å²) in [7, 11) is 0. The van der Waals surface area contributed by atoms with E-state index in [-0.39, 0.29) is 29.9 Å². The van der Waals surface area contributed by atoms with Crippen LogP contribution in [0.2, 0.25) is 0 Å². The highest BCUT2D eigenvalue weighted by molar-refractivity contribution is 5.94. The normalized spacial score (nSPS) is 32.6. The van der Waals surface area contributed by atoms with E-state index in [1.54, 1.807) is 0 Å². The van der Waals surface area contributed by atoms with Gasteiger partial charge in [0.2, 0.25) is 5.91 Å². The van der Waals surface area contributed by atoms with Crippen LogP contribution < -0.4 is 16.4 Å². The second-order valence-electron chi connectivity index (χ2n) is 7.85. The van der Waals surface area contributed by atoms with Gasteiger partial charge in [0, 0.05) is 24.9 Å². The zero-order valence-electron chi connectivity index (χ0n) is 14.9. The molecule has 0 radical (unpaired) electrons. The van der Waals surface area contributed by atoms with Crippen LogP contribution in [-0.4, -0.2) is 30.6 Å². The number of rotatable bonds is 5. The predicted octanol–water partition coefficient (Wildman–Crippen LogP) is 1.79. The van der Waals surface area contributed by atoms with Crippen LogP contribution in [0.25, 0.3) is 0 Å². The summed E-state index contributed by atoms with van der Waals surface area (Å²) in [6, 6.07) is 7.59. The van der Waals surface area contributed by atoms with E-state index < -0.39 is 0 Å². The molecule has 5 unspecified atom stereocenters. The van der Waals surface area contributed by atoms with Gasteiger partial charge in [0.25, 0.3) is 5.91 Å². The van der Waals surface area contributed by atoms with Gasteiger partial charge in [-0.15, -0.1) is 0 Å². The third-order valence-electron chi connectivity index (χ3n) is 6.17. The minimum Gasteiger partial charge on any atom is -0.368 e. The smallest absolute Gasteiger partial charge is 0.253 e. The molecule has 1 aromatic rings. The van der Waals surface area contributed by atoms with Gasteiger partial charge in [0.15, 0.2) is 0 Å². The monoisotopic (exact) mass is 357 g/mol. The lowest BCUT2D eigenvalue weighted by molar-refractivity contribution is -0.127. The molecule has 3 fully saturated rings. The second-order valence-corrected chi connectivity index (χ2v) is 7.85. The highest BCUT2D eigenvalue weighted by Crippen LogP contribution is 2.47. The number of nitrogens with one attached hydrogen (secondary N) is 2. The fraction of sp³-hybridized carbons (Fsp3) is 0.600. The molecule has 2 aliphatic carbocycles. The van der Waals surface area contributed by atoms with Gasteiger partial charge in [-0.2, -0.15) is 0 Å². The Morgan fingerprint density at radius 1 is 1.15 bits per heavy atom. The number of nitrogens with two attached hydrogens (primary N) is 1. The first-order valence-electron chi connectivity index (χ1n) is 9.66. The Hall–Kier alpha value is -1.92. The standard InChI is InChI=1S/C20H27N3O3/c21-18-14-7-6-13(10-14)17(18)20(25)22-11-12-3-1-4-15(9-12)23-19(24)16-5-2-8-26-16/h1,3-4,9,13-14,16-18H,2,5-8,10-11,21H2,(H,22,25)(H,23,24). The van der Waals surface area contributed by atoms with Crippen LogP contribution in [0.4, 0.5) is 5.69 Å². The minimum atomic E-state index is -0.349. The molecule has 4 N–H and O–H groups in total. The van der Waals surface area contributed by atoms with Gasteiger partial charge in [-0.1, -0.05) is 12.1 Å². The topological polar surface area (TPSA) is 93.5 Å². The van der Waals surface area contributed by atoms with Gasteiger partial charge >= 0.3 is 0 Å². The van der Waals surface area contributed by atoms with Crippen molar-refractivity contribution in [2.24, 2.45) is 23.5 Å². The zero-order chi connectivity index (χ0) is 18.1. The van der Waals surface area contributed by atoms with E-state index in [2.05, 4.69) is 10.6 Å². The molecule has 1 heterocycles.